The third-order valence-corrected chi connectivity index (χ3v) is 2.96. The van der Waals surface area contributed by atoms with Crippen molar-refractivity contribution in [2.45, 2.75) is 25.3 Å². The molecule has 3 nitrogen and oxygen atoms in total. The van der Waals surface area contributed by atoms with E-state index >= 15 is 0 Å². The number of nitriles is 1. The molecule has 0 bridgehead atoms. The number of nitrogens with zero attached hydrogens (tertiary/aromatic N) is 1. The van der Waals surface area contributed by atoms with Gasteiger partial charge in [0, 0.05) is 12.0 Å². The fourth-order valence-electron chi connectivity index (χ4n) is 1.84. The van der Waals surface area contributed by atoms with Crippen LogP contribution in [0.25, 0.3) is 0 Å². The van der Waals surface area contributed by atoms with Crippen LogP contribution in [0.5, 0.6) is 0 Å². The molecule has 1 rings (SSSR count). The maximum atomic E-state index is 10.9. The van der Waals surface area contributed by atoms with Crippen LogP contribution in [0.1, 0.15) is 36.4 Å². The molecule has 94 valence electrons. The van der Waals surface area contributed by atoms with Crippen molar-refractivity contribution in [3.05, 3.63) is 48.0 Å². The van der Waals surface area contributed by atoms with E-state index in [2.05, 4.69) is 12.6 Å². The van der Waals surface area contributed by atoms with Gasteiger partial charge in [0.1, 0.15) is 6.29 Å². The molecular formula is C15H18N2O. The number of nitrogens with two attached hydrogens (primary N) is 1. The Morgan fingerprint density at radius 2 is 2.06 bits per heavy atom. The predicted octanol–water partition coefficient (Wildman–Crippen LogP) is 2.73. The van der Waals surface area contributed by atoms with Crippen LogP contribution < -0.4 is 5.73 Å². The third-order valence-electron chi connectivity index (χ3n) is 2.96. The van der Waals surface area contributed by atoms with E-state index in [0.29, 0.717) is 12.0 Å². The highest BCUT2D eigenvalue weighted by Crippen LogP contribution is 2.21. The Balaban J connectivity index is 2.62. The molecule has 1 aromatic carbocycles. The van der Waals surface area contributed by atoms with Crippen LogP contribution in [0.3, 0.4) is 0 Å². The fraction of sp³-hybridized carbons (Fsp3) is 0.333. The van der Waals surface area contributed by atoms with Gasteiger partial charge in [-0.25, -0.2) is 0 Å². The maximum Gasteiger partial charge on any atom is 0.123 e. The molecule has 0 heterocycles. The lowest BCUT2D eigenvalue weighted by Gasteiger charge is -2.16. The Bertz CT molecular complexity index is 431. The topological polar surface area (TPSA) is 66.9 Å². The first kappa shape index (κ1) is 14.1. The quantitative estimate of drug-likeness (QED) is 0.590. The molecule has 3 heteroatoms. The van der Waals surface area contributed by atoms with Gasteiger partial charge in [-0.2, -0.15) is 5.26 Å². The van der Waals surface area contributed by atoms with Crippen LogP contribution in [0.15, 0.2) is 36.9 Å². The lowest BCUT2D eigenvalue weighted by atomic mass is 9.92. The first-order chi connectivity index (χ1) is 8.71. The lowest BCUT2D eigenvalue weighted by Crippen LogP contribution is -2.16. The molecule has 0 aromatic heterocycles. The van der Waals surface area contributed by atoms with Crippen molar-refractivity contribution in [1.29, 1.82) is 5.26 Å². The zero-order chi connectivity index (χ0) is 13.4. The molecule has 0 radical (unpaired) electrons. The van der Waals surface area contributed by atoms with Crippen LogP contribution in [0.4, 0.5) is 0 Å². The highest BCUT2D eigenvalue weighted by Gasteiger charge is 2.13. The average molecular weight is 242 g/mol. The molecule has 2 N–H and O–H groups in total. The largest absolute Gasteiger partial charge is 0.324 e. The van der Waals surface area contributed by atoms with Crippen molar-refractivity contribution in [2.75, 3.05) is 0 Å². The van der Waals surface area contributed by atoms with E-state index in [4.69, 9.17) is 11.0 Å². The van der Waals surface area contributed by atoms with E-state index in [-0.39, 0.29) is 12.0 Å². The summed E-state index contributed by atoms with van der Waals surface area (Å²) < 4.78 is 0. The molecule has 0 aliphatic carbocycles. The van der Waals surface area contributed by atoms with E-state index in [9.17, 15) is 4.79 Å². The van der Waals surface area contributed by atoms with Crippen LogP contribution in [0, 0.1) is 17.2 Å². The molecule has 0 fully saturated rings. The number of hydrogen-bond donors (Lipinski definition) is 1. The second kappa shape index (κ2) is 7.41. The van der Waals surface area contributed by atoms with Gasteiger partial charge in [-0.3, -0.25) is 0 Å². The van der Waals surface area contributed by atoms with Gasteiger partial charge in [0.05, 0.1) is 11.6 Å². The second-order valence-electron chi connectivity index (χ2n) is 4.34. The summed E-state index contributed by atoms with van der Waals surface area (Å²) in [6, 6.07) is 9.08. The summed E-state index contributed by atoms with van der Waals surface area (Å²) in [6.45, 7) is 3.65. The molecule has 0 spiro atoms. The predicted molar refractivity (Wildman–Crippen MR) is 71.7 cm³/mol. The number of carbonyl (C=O) groups is 1. The zero-order valence-electron chi connectivity index (χ0n) is 10.4. The van der Waals surface area contributed by atoms with Gasteiger partial charge in [0.15, 0.2) is 0 Å². The first-order valence-corrected chi connectivity index (χ1v) is 6.03. The van der Waals surface area contributed by atoms with Gasteiger partial charge in [-0.15, -0.1) is 6.58 Å². The second-order valence-corrected chi connectivity index (χ2v) is 4.34. The van der Waals surface area contributed by atoms with E-state index in [1.807, 2.05) is 18.2 Å². The van der Waals surface area contributed by atoms with E-state index in [0.717, 1.165) is 24.7 Å². The number of carbonyl (C=O) groups excluding carboxylic acids is 1. The van der Waals surface area contributed by atoms with Crippen LogP contribution >= 0.6 is 0 Å². The highest BCUT2D eigenvalue weighted by molar-refractivity contribution is 5.53. The lowest BCUT2D eigenvalue weighted by molar-refractivity contribution is -0.111. The minimum Gasteiger partial charge on any atom is -0.324 e. The Hall–Kier alpha value is -1.92. The summed E-state index contributed by atoms with van der Waals surface area (Å²) in [5, 5.41) is 8.71. The highest BCUT2D eigenvalue weighted by atomic mass is 16.1. The zero-order valence-corrected chi connectivity index (χ0v) is 10.4. The minimum atomic E-state index is -0.169. The van der Waals surface area contributed by atoms with Gasteiger partial charge in [-0.1, -0.05) is 18.2 Å². The van der Waals surface area contributed by atoms with Crippen molar-refractivity contribution in [1.82, 2.24) is 0 Å². The number of rotatable bonds is 7. The summed E-state index contributed by atoms with van der Waals surface area (Å²) in [4.78, 5) is 10.9. The molecule has 2 atom stereocenters. The normalized spacial score (nSPS) is 13.3. The molecule has 2 unspecified atom stereocenters. The van der Waals surface area contributed by atoms with Crippen molar-refractivity contribution in [3.63, 3.8) is 0 Å². The summed E-state index contributed by atoms with van der Waals surface area (Å²) in [7, 11) is 0. The van der Waals surface area contributed by atoms with Gasteiger partial charge >= 0.3 is 0 Å². The van der Waals surface area contributed by atoms with E-state index in [1.54, 1.807) is 12.1 Å². The summed E-state index contributed by atoms with van der Waals surface area (Å²) in [5.74, 6) is -0.0337. The van der Waals surface area contributed by atoms with Crippen LogP contribution in [-0.2, 0) is 4.79 Å². The Morgan fingerprint density at radius 3 is 2.56 bits per heavy atom. The van der Waals surface area contributed by atoms with Gasteiger partial charge in [0.25, 0.3) is 0 Å². The van der Waals surface area contributed by atoms with Gasteiger partial charge in [-0.05, 0) is 37.0 Å². The number of aldehydes is 1. The van der Waals surface area contributed by atoms with E-state index in [1.165, 1.54) is 0 Å². The maximum absolute atomic E-state index is 10.9. The summed E-state index contributed by atoms with van der Waals surface area (Å²) >= 11 is 0. The Kier molecular flexibility index (Phi) is 5.83. The van der Waals surface area contributed by atoms with E-state index < -0.39 is 0 Å². The van der Waals surface area contributed by atoms with Gasteiger partial charge in [0.2, 0.25) is 0 Å². The molecule has 0 saturated carbocycles. The number of benzene rings is 1. The van der Waals surface area contributed by atoms with Crippen LogP contribution in [-0.4, -0.2) is 6.29 Å². The third kappa shape index (κ3) is 4.15. The van der Waals surface area contributed by atoms with Crippen molar-refractivity contribution in [3.8, 4) is 6.07 Å². The standard InChI is InChI=1S/C15H18N2O/c1-2-3-4-13(11-18)9-15(17)14-7-5-12(10-16)6-8-14/h2,5-8,11,13,15H,1,3-4,9,17H2. The molecule has 0 saturated heterocycles. The minimum absolute atomic E-state index is 0.0337. The molecule has 0 aliphatic heterocycles. The molecule has 1 aromatic rings. The molecule has 0 aliphatic rings. The fourth-order valence-corrected chi connectivity index (χ4v) is 1.84. The van der Waals surface area contributed by atoms with Crippen molar-refractivity contribution < 1.29 is 4.79 Å². The first-order valence-electron chi connectivity index (χ1n) is 6.03. The number of hydrogen-bond acceptors (Lipinski definition) is 3. The average Bonchev–Trinajstić information content (AvgIpc) is 2.43. The van der Waals surface area contributed by atoms with Crippen molar-refractivity contribution in [2.24, 2.45) is 11.7 Å². The molecule has 18 heavy (non-hydrogen) atoms. The summed E-state index contributed by atoms with van der Waals surface area (Å²) in [5.41, 5.74) is 7.64. The SMILES string of the molecule is C=CCCC(C=O)CC(N)c1ccc(C#N)cc1. The number of allylic oxidation sites excluding steroid dienone is 1. The Labute approximate surface area is 108 Å². The van der Waals surface area contributed by atoms with Gasteiger partial charge < -0.3 is 10.5 Å². The summed E-state index contributed by atoms with van der Waals surface area (Å²) in [6.07, 6.45) is 5.01. The van der Waals surface area contributed by atoms with Crippen molar-refractivity contribution >= 4 is 6.29 Å². The smallest absolute Gasteiger partial charge is 0.123 e. The van der Waals surface area contributed by atoms with Crippen LogP contribution in [0.2, 0.25) is 0 Å². The molecule has 0 amide bonds. The Morgan fingerprint density at radius 1 is 1.39 bits per heavy atom. The molecular weight excluding hydrogens is 224 g/mol. The monoisotopic (exact) mass is 242 g/mol.